The van der Waals surface area contributed by atoms with E-state index < -0.39 is 0 Å². The lowest BCUT2D eigenvalue weighted by atomic mass is 9.97. The number of nitrogens with zero attached hydrogens (tertiary/aromatic N) is 1. The van der Waals surface area contributed by atoms with Crippen LogP contribution >= 0.6 is 0 Å². The molecule has 0 unspecified atom stereocenters. The molecular weight excluding hydrogens is 286 g/mol. The van der Waals surface area contributed by atoms with Gasteiger partial charge in [0.15, 0.2) is 0 Å². The number of benzene rings is 4. The van der Waals surface area contributed by atoms with E-state index in [9.17, 15) is 10.1 Å². The van der Waals surface area contributed by atoms with Gasteiger partial charge in [-0.3, -0.25) is 10.1 Å². The first-order valence-corrected chi connectivity index (χ1v) is 7.39. The van der Waals surface area contributed by atoms with Crippen molar-refractivity contribution in [2.45, 2.75) is 0 Å². The van der Waals surface area contributed by atoms with Crippen LogP contribution in [0.1, 0.15) is 0 Å². The van der Waals surface area contributed by atoms with Crippen LogP contribution in [0, 0.1) is 10.1 Å². The van der Waals surface area contributed by atoms with Crippen LogP contribution in [0.25, 0.3) is 32.7 Å². The second kappa shape index (κ2) is 5.21. The molecule has 0 radical (unpaired) electrons. The molecule has 0 aliphatic heterocycles. The van der Waals surface area contributed by atoms with E-state index in [1.807, 2.05) is 72.8 Å². The summed E-state index contributed by atoms with van der Waals surface area (Å²) in [6, 6.07) is 25.2. The van der Waals surface area contributed by atoms with Crippen molar-refractivity contribution in [1.82, 2.24) is 0 Å². The van der Waals surface area contributed by atoms with E-state index in [4.69, 9.17) is 0 Å². The summed E-state index contributed by atoms with van der Waals surface area (Å²) in [5, 5.41) is 15.6. The highest BCUT2D eigenvalue weighted by atomic mass is 16.6. The fourth-order valence-corrected chi connectivity index (χ4v) is 2.97. The third-order valence-corrected chi connectivity index (χ3v) is 4.12. The number of rotatable bonds is 2. The van der Waals surface area contributed by atoms with E-state index in [0.717, 1.165) is 27.1 Å². The molecule has 0 bridgehead atoms. The largest absolute Gasteiger partial charge is 0.277 e. The van der Waals surface area contributed by atoms with Gasteiger partial charge in [-0.2, -0.15) is 0 Å². The van der Waals surface area contributed by atoms with Crippen LogP contribution in [0.4, 0.5) is 5.69 Å². The molecule has 3 nitrogen and oxygen atoms in total. The van der Waals surface area contributed by atoms with E-state index in [2.05, 4.69) is 0 Å². The minimum Gasteiger partial charge on any atom is -0.258 e. The van der Waals surface area contributed by atoms with E-state index in [1.54, 1.807) is 6.07 Å². The molecule has 0 aliphatic carbocycles. The zero-order valence-electron chi connectivity index (χ0n) is 12.3. The number of nitro groups is 1. The molecule has 0 saturated heterocycles. The summed E-state index contributed by atoms with van der Waals surface area (Å²) < 4.78 is 0. The van der Waals surface area contributed by atoms with Gasteiger partial charge >= 0.3 is 0 Å². The van der Waals surface area contributed by atoms with E-state index in [0.29, 0.717) is 5.56 Å². The molecule has 0 spiro atoms. The molecule has 23 heavy (non-hydrogen) atoms. The third kappa shape index (κ3) is 2.32. The van der Waals surface area contributed by atoms with Gasteiger partial charge in [-0.1, -0.05) is 60.7 Å². The van der Waals surface area contributed by atoms with Crippen molar-refractivity contribution in [1.29, 1.82) is 0 Å². The van der Waals surface area contributed by atoms with Gasteiger partial charge < -0.3 is 0 Å². The van der Waals surface area contributed by atoms with Crippen molar-refractivity contribution < 1.29 is 4.92 Å². The molecule has 4 aromatic carbocycles. The average Bonchev–Trinajstić information content (AvgIpc) is 2.60. The highest BCUT2D eigenvalue weighted by Gasteiger charge is 2.16. The summed E-state index contributed by atoms with van der Waals surface area (Å²) in [6.45, 7) is 0. The van der Waals surface area contributed by atoms with Crippen LogP contribution in [-0.2, 0) is 0 Å². The predicted octanol–water partition coefficient (Wildman–Crippen LogP) is 5.57. The number of hydrogen-bond donors (Lipinski definition) is 0. The Kier molecular flexibility index (Phi) is 3.05. The van der Waals surface area contributed by atoms with Gasteiger partial charge in [-0.05, 0) is 39.2 Å². The number of nitro benzene ring substituents is 1. The predicted molar refractivity (Wildman–Crippen MR) is 93.5 cm³/mol. The molecule has 0 fully saturated rings. The lowest BCUT2D eigenvalue weighted by Gasteiger charge is -2.07. The van der Waals surface area contributed by atoms with Gasteiger partial charge in [0.2, 0.25) is 0 Å². The van der Waals surface area contributed by atoms with Gasteiger partial charge in [0.1, 0.15) is 0 Å². The standard InChI is InChI=1S/C20H13NO2/c22-21(23)20-13-17-8-4-3-7-16(17)12-19(20)18-10-9-14-5-1-2-6-15(14)11-18/h1-13H. The molecule has 4 aromatic rings. The maximum atomic E-state index is 11.5. The Morgan fingerprint density at radius 2 is 1.22 bits per heavy atom. The number of hydrogen-bond acceptors (Lipinski definition) is 2. The molecule has 4 rings (SSSR count). The zero-order valence-corrected chi connectivity index (χ0v) is 12.3. The van der Waals surface area contributed by atoms with Crippen LogP contribution in [0.5, 0.6) is 0 Å². The molecule has 0 aliphatic rings. The molecular formula is C20H13NO2. The second-order valence-corrected chi connectivity index (χ2v) is 5.54. The summed E-state index contributed by atoms with van der Waals surface area (Å²) in [5.74, 6) is 0. The van der Waals surface area contributed by atoms with Crippen molar-refractivity contribution >= 4 is 27.2 Å². The smallest absolute Gasteiger partial charge is 0.258 e. The quantitative estimate of drug-likeness (QED) is 0.359. The van der Waals surface area contributed by atoms with Crippen molar-refractivity contribution in [2.75, 3.05) is 0 Å². The van der Waals surface area contributed by atoms with Crippen LogP contribution in [0.2, 0.25) is 0 Å². The maximum absolute atomic E-state index is 11.5. The van der Waals surface area contributed by atoms with Crippen molar-refractivity contribution in [3.8, 4) is 11.1 Å². The molecule has 0 saturated carbocycles. The molecule has 0 aromatic heterocycles. The Morgan fingerprint density at radius 3 is 1.87 bits per heavy atom. The Morgan fingerprint density at radius 1 is 0.652 bits per heavy atom. The number of fused-ring (bicyclic) bond motifs is 2. The van der Waals surface area contributed by atoms with Crippen LogP contribution in [0.15, 0.2) is 78.9 Å². The molecule has 0 amide bonds. The summed E-state index contributed by atoms with van der Waals surface area (Å²) in [6.07, 6.45) is 0. The summed E-state index contributed by atoms with van der Waals surface area (Å²) >= 11 is 0. The molecule has 0 heterocycles. The Balaban J connectivity index is 2.01. The topological polar surface area (TPSA) is 43.1 Å². The van der Waals surface area contributed by atoms with E-state index >= 15 is 0 Å². The average molecular weight is 299 g/mol. The first kappa shape index (κ1) is 13.5. The summed E-state index contributed by atoms with van der Waals surface area (Å²) in [4.78, 5) is 11.2. The van der Waals surface area contributed by atoms with E-state index in [1.165, 1.54) is 0 Å². The summed E-state index contributed by atoms with van der Waals surface area (Å²) in [7, 11) is 0. The SMILES string of the molecule is O=[N+]([O-])c1cc2ccccc2cc1-c1ccc2ccccc2c1. The molecule has 3 heteroatoms. The lowest BCUT2D eigenvalue weighted by Crippen LogP contribution is -1.92. The fourth-order valence-electron chi connectivity index (χ4n) is 2.97. The first-order chi connectivity index (χ1) is 11.2. The fraction of sp³-hybridized carbons (Fsp3) is 0. The van der Waals surface area contributed by atoms with Crippen molar-refractivity contribution in [3.63, 3.8) is 0 Å². The first-order valence-electron chi connectivity index (χ1n) is 7.39. The minimum atomic E-state index is -0.309. The normalized spacial score (nSPS) is 11.0. The highest BCUT2D eigenvalue weighted by molar-refractivity contribution is 5.95. The maximum Gasteiger partial charge on any atom is 0.277 e. The monoisotopic (exact) mass is 299 g/mol. The minimum absolute atomic E-state index is 0.138. The van der Waals surface area contributed by atoms with Gasteiger partial charge in [0.05, 0.1) is 10.5 Å². The Bertz CT molecular complexity index is 1050. The molecule has 0 N–H and O–H groups in total. The highest BCUT2D eigenvalue weighted by Crippen LogP contribution is 2.35. The van der Waals surface area contributed by atoms with Crippen molar-refractivity contribution in [2.24, 2.45) is 0 Å². The van der Waals surface area contributed by atoms with Crippen LogP contribution in [0.3, 0.4) is 0 Å². The zero-order chi connectivity index (χ0) is 15.8. The summed E-state index contributed by atoms with van der Waals surface area (Å²) in [5.41, 5.74) is 1.65. The third-order valence-electron chi connectivity index (χ3n) is 4.12. The molecule has 0 atom stereocenters. The van der Waals surface area contributed by atoms with Crippen LogP contribution in [-0.4, -0.2) is 4.92 Å². The lowest BCUT2D eigenvalue weighted by molar-refractivity contribution is -0.384. The Hall–Kier alpha value is -3.20. The molecule has 110 valence electrons. The second-order valence-electron chi connectivity index (χ2n) is 5.54. The van der Waals surface area contributed by atoms with Gasteiger partial charge in [-0.25, -0.2) is 0 Å². The van der Waals surface area contributed by atoms with E-state index in [-0.39, 0.29) is 10.6 Å². The Labute approximate surface area is 133 Å². The van der Waals surface area contributed by atoms with Gasteiger partial charge in [0, 0.05) is 6.07 Å². The van der Waals surface area contributed by atoms with Gasteiger partial charge in [-0.15, -0.1) is 0 Å². The van der Waals surface area contributed by atoms with Crippen LogP contribution < -0.4 is 0 Å². The van der Waals surface area contributed by atoms with Crippen molar-refractivity contribution in [3.05, 3.63) is 89.0 Å². The van der Waals surface area contributed by atoms with Gasteiger partial charge in [0.25, 0.3) is 5.69 Å².